The molecule has 0 amide bonds. The lowest BCUT2D eigenvalue weighted by Gasteiger charge is -2.13. The van der Waals surface area contributed by atoms with Gasteiger partial charge in [0.1, 0.15) is 11.6 Å². The number of benzene rings is 2. The summed E-state index contributed by atoms with van der Waals surface area (Å²) in [6, 6.07) is 14.4. The van der Waals surface area contributed by atoms with Crippen LogP contribution in [0.1, 0.15) is 18.1 Å². The van der Waals surface area contributed by atoms with Crippen molar-refractivity contribution in [1.29, 1.82) is 0 Å². The molecule has 0 aliphatic rings. The Bertz CT molecular complexity index is 1030. The minimum absolute atomic E-state index is 0.105. The number of hydrogen-bond donors (Lipinski definition) is 2. The molecule has 0 aliphatic heterocycles. The zero-order valence-corrected chi connectivity index (χ0v) is 17.4. The van der Waals surface area contributed by atoms with E-state index in [1.807, 2.05) is 37.3 Å². The largest absolute Gasteiger partial charge is 0.490 e. The van der Waals surface area contributed by atoms with Crippen LogP contribution in [-0.4, -0.2) is 24.6 Å². The van der Waals surface area contributed by atoms with Gasteiger partial charge in [0.05, 0.1) is 6.61 Å². The van der Waals surface area contributed by atoms with E-state index < -0.39 is 11.6 Å². The van der Waals surface area contributed by atoms with Crippen LogP contribution in [0.2, 0.25) is 0 Å². The third-order valence-corrected chi connectivity index (χ3v) is 4.30. The Morgan fingerprint density at radius 3 is 2.48 bits per heavy atom. The maximum Gasteiger partial charge on any atom is 0.219 e. The molecule has 162 valence electrons. The number of hydrogen-bond acceptors (Lipinski definition) is 4. The molecule has 2 aromatic carbocycles. The molecule has 0 unspecified atom stereocenters. The number of halogens is 2. The minimum atomic E-state index is -0.488. The smallest absolute Gasteiger partial charge is 0.219 e. The van der Waals surface area contributed by atoms with Crippen LogP contribution in [-0.2, 0) is 13.1 Å². The van der Waals surface area contributed by atoms with Gasteiger partial charge in [-0.15, -0.1) is 0 Å². The lowest BCUT2D eigenvalue weighted by atomic mass is 10.2. The van der Waals surface area contributed by atoms with E-state index in [0.29, 0.717) is 36.5 Å². The van der Waals surface area contributed by atoms with E-state index in [4.69, 9.17) is 9.47 Å². The van der Waals surface area contributed by atoms with E-state index in [1.165, 1.54) is 0 Å². The first kappa shape index (κ1) is 22.0. The van der Waals surface area contributed by atoms with Crippen LogP contribution in [0, 0.1) is 11.6 Å². The van der Waals surface area contributed by atoms with Crippen molar-refractivity contribution < 1.29 is 18.3 Å². The van der Waals surface area contributed by atoms with Gasteiger partial charge in [-0.3, -0.25) is 4.99 Å². The Hall–Kier alpha value is -3.68. The summed E-state index contributed by atoms with van der Waals surface area (Å²) in [5, 5.41) is 6.07. The summed E-state index contributed by atoms with van der Waals surface area (Å²) in [6.07, 6.45) is 1.69. The molecule has 31 heavy (non-hydrogen) atoms. The van der Waals surface area contributed by atoms with Crippen LogP contribution in [0.4, 0.5) is 8.78 Å². The van der Waals surface area contributed by atoms with Crippen molar-refractivity contribution in [3.8, 4) is 17.4 Å². The number of nitrogens with one attached hydrogen (secondary N) is 2. The zero-order chi connectivity index (χ0) is 22.1. The highest BCUT2D eigenvalue weighted by atomic mass is 19.1. The quantitative estimate of drug-likeness (QED) is 0.412. The minimum Gasteiger partial charge on any atom is -0.490 e. The number of guanidine groups is 1. The average Bonchev–Trinajstić information content (AvgIpc) is 2.78. The van der Waals surface area contributed by atoms with Crippen LogP contribution >= 0.6 is 0 Å². The number of pyridine rings is 1. The van der Waals surface area contributed by atoms with Gasteiger partial charge in [0, 0.05) is 38.0 Å². The second-order valence-corrected chi connectivity index (χ2v) is 6.50. The van der Waals surface area contributed by atoms with Crippen LogP contribution < -0.4 is 20.1 Å². The number of rotatable bonds is 8. The highest BCUT2D eigenvalue weighted by Gasteiger charge is 2.07. The van der Waals surface area contributed by atoms with Crippen LogP contribution in [0.15, 0.2) is 65.8 Å². The molecule has 2 N–H and O–H groups in total. The van der Waals surface area contributed by atoms with Crippen molar-refractivity contribution in [2.24, 2.45) is 4.99 Å². The molecular weight excluding hydrogens is 402 g/mol. The highest BCUT2D eigenvalue weighted by Crippen LogP contribution is 2.30. The Balaban J connectivity index is 1.54. The van der Waals surface area contributed by atoms with E-state index >= 15 is 0 Å². The number of ether oxygens (including phenoxy) is 2. The van der Waals surface area contributed by atoms with Gasteiger partial charge in [-0.05, 0) is 42.8 Å². The van der Waals surface area contributed by atoms with Crippen molar-refractivity contribution in [2.45, 2.75) is 20.0 Å². The molecule has 0 fully saturated rings. The topological polar surface area (TPSA) is 67.8 Å². The SMILES string of the molecule is CCOc1ccccc1Oc1ccc(CNC(=NC)NCc2cc(F)ccc2F)cn1. The van der Waals surface area contributed by atoms with E-state index in [0.717, 1.165) is 23.8 Å². The third kappa shape index (κ3) is 6.40. The molecular formula is C23H24F2N4O2. The predicted octanol–water partition coefficient (Wildman–Crippen LogP) is 4.42. The summed E-state index contributed by atoms with van der Waals surface area (Å²) >= 11 is 0. The Kier molecular flexibility index (Phi) is 7.75. The van der Waals surface area contributed by atoms with Gasteiger partial charge in [0.2, 0.25) is 5.88 Å². The van der Waals surface area contributed by atoms with Crippen molar-refractivity contribution in [2.75, 3.05) is 13.7 Å². The monoisotopic (exact) mass is 426 g/mol. The first-order valence-electron chi connectivity index (χ1n) is 9.82. The number of aliphatic imine (C=N–C) groups is 1. The molecule has 0 bridgehead atoms. The molecule has 6 nitrogen and oxygen atoms in total. The highest BCUT2D eigenvalue weighted by molar-refractivity contribution is 5.79. The molecule has 0 radical (unpaired) electrons. The average molecular weight is 426 g/mol. The molecule has 1 aromatic heterocycles. The van der Waals surface area contributed by atoms with Crippen LogP contribution in [0.5, 0.6) is 17.4 Å². The molecule has 1 heterocycles. The van der Waals surface area contributed by atoms with E-state index in [-0.39, 0.29) is 12.1 Å². The van der Waals surface area contributed by atoms with E-state index in [2.05, 4.69) is 20.6 Å². The second kappa shape index (κ2) is 10.9. The summed E-state index contributed by atoms with van der Waals surface area (Å²) in [4.78, 5) is 8.41. The number of nitrogens with zero attached hydrogens (tertiary/aromatic N) is 2. The fraction of sp³-hybridized carbons (Fsp3) is 0.217. The fourth-order valence-corrected chi connectivity index (χ4v) is 2.76. The molecule has 0 atom stereocenters. The van der Waals surface area contributed by atoms with Gasteiger partial charge in [0.25, 0.3) is 0 Å². The van der Waals surface area contributed by atoms with E-state index in [9.17, 15) is 8.78 Å². The summed E-state index contributed by atoms with van der Waals surface area (Å²) in [5.74, 6) is 1.18. The molecule has 3 rings (SSSR count). The number of para-hydroxylation sites is 2. The molecule has 3 aromatic rings. The zero-order valence-electron chi connectivity index (χ0n) is 17.4. The first-order chi connectivity index (χ1) is 15.1. The molecule has 0 aliphatic carbocycles. The molecule has 0 spiro atoms. The Morgan fingerprint density at radius 2 is 1.77 bits per heavy atom. The summed E-state index contributed by atoms with van der Waals surface area (Å²) in [5.41, 5.74) is 1.11. The lowest BCUT2D eigenvalue weighted by molar-refractivity contribution is 0.319. The first-order valence-corrected chi connectivity index (χ1v) is 9.82. The maximum absolute atomic E-state index is 13.7. The van der Waals surface area contributed by atoms with Gasteiger partial charge in [-0.25, -0.2) is 13.8 Å². The van der Waals surface area contributed by atoms with Crippen molar-refractivity contribution >= 4 is 5.96 Å². The van der Waals surface area contributed by atoms with Crippen LogP contribution in [0.3, 0.4) is 0 Å². The summed E-state index contributed by atoms with van der Waals surface area (Å²) < 4.78 is 38.4. The van der Waals surface area contributed by atoms with E-state index in [1.54, 1.807) is 19.3 Å². The normalized spacial score (nSPS) is 11.2. The van der Waals surface area contributed by atoms with Crippen molar-refractivity contribution in [3.63, 3.8) is 0 Å². The number of aromatic nitrogens is 1. The molecule has 0 saturated carbocycles. The van der Waals surface area contributed by atoms with Gasteiger partial charge in [-0.2, -0.15) is 0 Å². The van der Waals surface area contributed by atoms with Gasteiger partial charge in [-0.1, -0.05) is 18.2 Å². The van der Waals surface area contributed by atoms with Gasteiger partial charge < -0.3 is 20.1 Å². The van der Waals surface area contributed by atoms with Crippen LogP contribution in [0.25, 0.3) is 0 Å². The Morgan fingerprint density at radius 1 is 1.00 bits per heavy atom. The van der Waals surface area contributed by atoms with Crippen molar-refractivity contribution in [3.05, 3.63) is 83.6 Å². The molecule has 0 saturated heterocycles. The Labute approximate surface area is 180 Å². The lowest BCUT2D eigenvalue weighted by Crippen LogP contribution is -2.36. The van der Waals surface area contributed by atoms with Crippen molar-refractivity contribution in [1.82, 2.24) is 15.6 Å². The summed E-state index contributed by atoms with van der Waals surface area (Å²) in [7, 11) is 1.60. The predicted molar refractivity (Wildman–Crippen MR) is 115 cm³/mol. The molecule has 8 heteroatoms. The third-order valence-electron chi connectivity index (χ3n) is 4.30. The second-order valence-electron chi connectivity index (χ2n) is 6.50. The van der Waals surface area contributed by atoms with Gasteiger partial charge >= 0.3 is 0 Å². The van der Waals surface area contributed by atoms with Gasteiger partial charge in [0.15, 0.2) is 17.5 Å². The summed E-state index contributed by atoms with van der Waals surface area (Å²) in [6.45, 7) is 3.00. The maximum atomic E-state index is 13.7. The standard InChI is InChI=1S/C23H24F2N4O2/c1-3-30-20-6-4-5-7-21(20)31-22-11-8-16(13-27-22)14-28-23(26-2)29-15-17-12-18(24)9-10-19(17)25/h4-13H,3,14-15H2,1-2H3,(H2,26,28,29). The fourth-order valence-electron chi connectivity index (χ4n) is 2.76.